The Labute approximate surface area is 158 Å². The van der Waals surface area contributed by atoms with Crippen molar-refractivity contribution >= 4 is 12.1 Å². The Morgan fingerprint density at radius 1 is 0.963 bits per heavy atom. The lowest BCUT2D eigenvalue weighted by Crippen LogP contribution is -2.17. The molecule has 0 fully saturated rings. The van der Waals surface area contributed by atoms with E-state index in [1.165, 1.54) is 0 Å². The summed E-state index contributed by atoms with van der Waals surface area (Å²) >= 11 is 0. The van der Waals surface area contributed by atoms with Crippen molar-refractivity contribution in [3.63, 3.8) is 0 Å². The first-order valence-electron chi connectivity index (χ1n) is 8.49. The first-order chi connectivity index (χ1) is 13.3. The van der Waals surface area contributed by atoms with E-state index in [1.54, 1.807) is 25.5 Å². The van der Waals surface area contributed by atoms with Gasteiger partial charge in [-0.15, -0.1) is 0 Å². The van der Waals surface area contributed by atoms with Crippen LogP contribution < -0.4 is 14.9 Å². The van der Waals surface area contributed by atoms with Crippen molar-refractivity contribution < 1.29 is 14.3 Å². The Morgan fingerprint density at radius 2 is 1.67 bits per heavy atom. The first kappa shape index (κ1) is 18.2. The normalized spacial score (nSPS) is 10.6. The smallest absolute Gasteiger partial charge is 0.271 e. The van der Waals surface area contributed by atoms with Crippen molar-refractivity contribution in [2.75, 3.05) is 7.11 Å². The molecule has 0 saturated carbocycles. The van der Waals surface area contributed by atoms with Gasteiger partial charge in [-0.1, -0.05) is 42.5 Å². The highest BCUT2D eigenvalue weighted by Crippen LogP contribution is 2.15. The molecule has 0 heterocycles. The van der Waals surface area contributed by atoms with Gasteiger partial charge >= 0.3 is 0 Å². The molecule has 3 aromatic carbocycles. The fourth-order valence-corrected chi connectivity index (χ4v) is 2.43. The predicted octanol–water partition coefficient (Wildman–Crippen LogP) is 4.04. The molecule has 5 heteroatoms. The van der Waals surface area contributed by atoms with Crippen LogP contribution in [0.2, 0.25) is 0 Å². The lowest BCUT2D eigenvalue weighted by Gasteiger charge is -2.07. The molecule has 0 saturated heterocycles. The number of amides is 1. The molecule has 0 radical (unpaired) electrons. The average Bonchev–Trinajstić information content (AvgIpc) is 2.73. The highest BCUT2D eigenvalue weighted by atomic mass is 16.5. The van der Waals surface area contributed by atoms with E-state index in [4.69, 9.17) is 9.47 Å². The lowest BCUT2D eigenvalue weighted by atomic mass is 10.1. The fraction of sp³-hybridized carbons (Fsp3) is 0.0909. The van der Waals surface area contributed by atoms with Crippen molar-refractivity contribution in [1.82, 2.24) is 5.43 Å². The van der Waals surface area contributed by atoms with Crippen LogP contribution in [0.3, 0.4) is 0 Å². The summed E-state index contributed by atoms with van der Waals surface area (Å²) in [6.07, 6.45) is 1.55. The maximum atomic E-state index is 12.2. The van der Waals surface area contributed by atoms with E-state index in [0.29, 0.717) is 17.9 Å². The van der Waals surface area contributed by atoms with Crippen LogP contribution >= 0.6 is 0 Å². The van der Waals surface area contributed by atoms with Gasteiger partial charge < -0.3 is 9.47 Å². The van der Waals surface area contributed by atoms with E-state index in [1.807, 2.05) is 66.7 Å². The van der Waals surface area contributed by atoms with Crippen LogP contribution in [0.4, 0.5) is 0 Å². The van der Waals surface area contributed by atoms with Gasteiger partial charge in [0.25, 0.3) is 5.91 Å². The average molecular weight is 360 g/mol. The van der Waals surface area contributed by atoms with E-state index < -0.39 is 0 Å². The van der Waals surface area contributed by atoms with E-state index >= 15 is 0 Å². The third-order valence-corrected chi connectivity index (χ3v) is 3.87. The SMILES string of the molecule is COc1ccccc1C=NNC(=O)c1ccc(COc2ccccc2)cc1. The van der Waals surface area contributed by atoms with E-state index in [-0.39, 0.29) is 5.91 Å². The maximum absolute atomic E-state index is 12.2. The Balaban J connectivity index is 1.55. The number of nitrogens with one attached hydrogen (secondary N) is 1. The number of ether oxygens (including phenoxy) is 2. The van der Waals surface area contributed by atoms with Crippen molar-refractivity contribution in [3.05, 3.63) is 95.6 Å². The van der Waals surface area contributed by atoms with Crippen LogP contribution in [0.5, 0.6) is 11.5 Å². The second-order valence-corrected chi connectivity index (χ2v) is 5.74. The molecule has 0 aliphatic carbocycles. The quantitative estimate of drug-likeness (QED) is 0.511. The zero-order chi connectivity index (χ0) is 18.9. The van der Waals surface area contributed by atoms with Crippen LogP contribution in [0.15, 0.2) is 84.0 Å². The molecule has 1 N–H and O–H groups in total. The molecule has 1 amide bonds. The van der Waals surface area contributed by atoms with Gasteiger partial charge in [-0.05, 0) is 42.0 Å². The summed E-state index contributed by atoms with van der Waals surface area (Å²) in [5.41, 5.74) is 4.81. The number of hydrogen-bond acceptors (Lipinski definition) is 4. The van der Waals surface area contributed by atoms with Gasteiger partial charge in [-0.3, -0.25) is 4.79 Å². The minimum absolute atomic E-state index is 0.281. The van der Waals surface area contributed by atoms with Crippen molar-refractivity contribution in [2.45, 2.75) is 6.61 Å². The van der Waals surface area contributed by atoms with Gasteiger partial charge in [0.2, 0.25) is 0 Å². The zero-order valence-electron chi connectivity index (χ0n) is 15.0. The van der Waals surface area contributed by atoms with Crippen LogP contribution in [-0.4, -0.2) is 19.2 Å². The second kappa shape index (κ2) is 9.20. The topological polar surface area (TPSA) is 59.9 Å². The molecule has 0 aromatic heterocycles. The summed E-state index contributed by atoms with van der Waals surface area (Å²) in [5, 5.41) is 4.00. The van der Waals surface area contributed by atoms with Crippen LogP contribution in [-0.2, 0) is 6.61 Å². The number of methoxy groups -OCH3 is 1. The molecule has 136 valence electrons. The van der Waals surface area contributed by atoms with Crippen LogP contribution in [0.25, 0.3) is 0 Å². The third-order valence-electron chi connectivity index (χ3n) is 3.87. The molecule has 3 aromatic rings. The van der Waals surface area contributed by atoms with Crippen LogP contribution in [0, 0.1) is 0 Å². The number of hydrogen-bond donors (Lipinski definition) is 1. The van der Waals surface area contributed by atoms with Gasteiger partial charge in [0, 0.05) is 11.1 Å². The monoisotopic (exact) mass is 360 g/mol. The van der Waals surface area contributed by atoms with E-state index in [9.17, 15) is 4.79 Å². The number of para-hydroxylation sites is 2. The summed E-state index contributed by atoms with van der Waals surface area (Å²) in [4.78, 5) is 12.2. The van der Waals surface area contributed by atoms with Gasteiger partial charge in [0.15, 0.2) is 0 Å². The highest BCUT2D eigenvalue weighted by molar-refractivity contribution is 5.95. The first-order valence-corrected chi connectivity index (χ1v) is 8.49. The molecule has 0 aliphatic heterocycles. The van der Waals surface area contributed by atoms with Gasteiger partial charge in [0.05, 0.1) is 13.3 Å². The number of benzene rings is 3. The van der Waals surface area contributed by atoms with Crippen molar-refractivity contribution in [2.24, 2.45) is 5.10 Å². The van der Waals surface area contributed by atoms with Gasteiger partial charge in [0.1, 0.15) is 18.1 Å². The molecular formula is C22H20N2O3. The van der Waals surface area contributed by atoms with Crippen LogP contribution in [0.1, 0.15) is 21.5 Å². The largest absolute Gasteiger partial charge is 0.496 e. The molecule has 0 aliphatic rings. The summed E-state index contributed by atoms with van der Waals surface area (Å²) in [6.45, 7) is 0.442. The zero-order valence-corrected chi connectivity index (χ0v) is 15.0. The predicted molar refractivity (Wildman–Crippen MR) is 105 cm³/mol. The van der Waals surface area contributed by atoms with Crippen molar-refractivity contribution in [3.8, 4) is 11.5 Å². The maximum Gasteiger partial charge on any atom is 0.271 e. The Kier molecular flexibility index (Phi) is 6.20. The number of carbonyl (C=O) groups excluding carboxylic acids is 1. The summed E-state index contributed by atoms with van der Waals surface area (Å²) in [7, 11) is 1.59. The van der Waals surface area contributed by atoms with Crippen molar-refractivity contribution in [1.29, 1.82) is 0 Å². The summed E-state index contributed by atoms with van der Waals surface area (Å²) in [6, 6.07) is 24.3. The second-order valence-electron chi connectivity index (χ2n) is 5.74. The highest BCUT2D eigenvalue weighted by Gasteiger charge is 2.05. The molecule has 3 rings (SSSR count). The minimum atomic E-state index is -0.281. The fourth-order valence-electron chi connectivity index (χ4n) is 2.43. The van der Waals surface area contributed by atoms with E-state index in [2.05, 4.69) is 10.5 Å². The summed E-state index contributed by atoms with van der Waals surface area (Å²) < 4.78 is 10.9. The standard InChI is InChI=1S/C22H20N2O3/c1-26-21-10-6-5-7-19(21)15-23-24-22(25)18-13-11-17(12-14-18)16-27-20-8-3-2-4-9-20/h2-15H,16H2,1H3,(H,24,25). The minimum Gasteiger partial charge on any atom is -0.496 e. The molecule has 0 unspecified atom stereocenters. The molecule has 5 nitrogen and oxygen atoms in total. The molecule has 0 spiro atoms. The molecular weight excluding hydrogens is 340 g/mol. The van der Waals surface area contributed by atoms with Gasteiger partial charge in [-0.2, -0.15) is 5.10 Å². The van der Waals surface area contributed by atoms with E-state index in [0.717, 1.165) is 16.9 Å². The Morgan fingerprint density at radius 3 is 2.41 bits per heavy atom. The molecule has 0 atom stereocenters. The third kappa shape index (κ3) is 5.19. The Hall–Kier alpha value is -3.60. The number of carbonyl (C=O) groups is 1. The summed E-state index contributed by atoms with van der Waals surface area (Å²) in [5.74, 6) is 1.22. The number of rotatable bonds is 7. The number of hydrazone groups is 1. The lowest BCUT2D eigenvalue weighted by molar-refractivity contribution is 0.0955. The molecule has 0 bridgehead atoms. The Bertz CT molecular complexity index is 906. The molecule has 27 heavy (non-hydrogen) atoms. The van der Waals surface area contributed by atoms with Gasteiger partial charge in [-0.25, -0.2) is 5.43 Å². The number of nitrogens with zero attached hydrogens (tertiary/aromatic N) is 1.